The number of aryl methyl sites for hydroxylation is 1. The van der Waals surface area contributed by atoms with Crippen LogP contribution in [0.5, 0.6) is 0 Å². The first kappa shape index (κ1) is 21.8. The molecule has 11 nitrogen and oxygen atoms in total. The average molecular weight is 448 g/mol. The molecule has 3 aromatic rings. The lowest BCUT2D eigenvalue weighted by atomic mass is 10.1. The third-order valence-electron chi connectivity index (χ3n) is 5.17. The number of carbonyl (C=O) groups is 2. The monoisotopic (exact) mass is 448 g/mol. The van der Waals surface area contributed by atoms with E-state index >= 15 is 0 Å². The van der Waals surface area contributed by atoms with Gasteiger partial charge in [-0.15, -0.1) is 0 Å². The lowest BCUT2D eigenvalue weighted by molar-refractivity contribution is -0.122. The number of rotatable bonds is 7. The van der Waals surface area contributed by atoms with Gasteiger partial charge in [-0.2, -0.15) is 10.4 Å². The number of anilines is 1. The summed E-state index contributed by atoms with van der Waals surface area (Å²) in [6.45, 7) is 1.31. The fourth-order valence-corrected chi connectivity index (χ4v) is 3.27. The van der Waals surface area contributed by atoms with Gasteiger partial charge in [-0.25, -0.2) is 4.98 Å². The summed E-state index contributed by atoms with van der Waals surface area (Å²) in [4.78, 5) is 52.8. The van der Waals surface area contributed by atoms with E-state index in [4.69, 9.17) is 4.52 Å². The van der Waals surface area contributed by atoms with Crippen LogP contribution >= 0.6 is 0 Å². The first-order valence-electron chi connectivity index (χ1n) is 10.2. The SMILES string of the molecule is Cc1nc(-c2ccc(C#N)cc2NC(=O)C2CC2)cc(=O)n1CC(=O)NCc1cc(=O)[nH]o1. The maximum Gasteiger partial charge on any atom is 0.280 e. The van der Waals surface area contributed by atoms with Crippen LogP contribution in [-0.2, 0) is 22.7 Å². The minimum absolute atomic E-state index is 0.00776. The van der Waals surface area contributed by atoms with E-state index in [2.05, 4.69) is 20.8 Å². The van der Waals surface area contributed by atoms with Crippen molar-refractivity contribution in [3.8, 4) is 17.3 Å². The summed E-state index contributed by atoms with van der Waals surface area (Å²) in [5.41, 5.74) is 0.720. The Labute approximate surface area is 187 Å². The number of nitrogens with zero attached hydrogens (tertiary/aromatic N) is 3. The highest BCUT2D eigenvalue weighted by molar-refractivity contribution is 5.97. The Bertz CT molecular complexity index is 1390. The fraction of sp³-hybridized carbons (Fsp3) is 0.273. The number of hydrogen-bond donors (Lipinski definition) is 3. The summed E-state index contributed by atoms with van der Waals surface area (Å²) >= 11 is 0. The second-order valence-corrected chi connectivity index (χ2v) is 7.70. The van der Waals surface area contributed by atoms with Crippen LogP contribution in [-0.4, -0.2) is 26.5 Å². The van der Waals surface area contributed by atoms with Crippen LogP contribution in [0.4, 0.5) is 5.69 Å². The number of hydrogen-bond acceptors (Lipinski definition) is 7. The molecule has 0 bridgehead atoms. The third kappa shape index (κ3) is 5.07. The minimum Gasteiger partial charge on any atom is -0.382 e. The highest BCUT2D eigenvalue weighted by Gasteiger charge is 2.30. The van der Waals surface area contributed by atoms with Crippen molar-refractivity contribution >= 4 is 17.5 Å². The van der Waals surface area contributed by atoms with Gasteiger partial charge in [0.15, 0.2) is 5.76 Å². The Morgan fingerprint density at radius 2 is 2.06 bits per heavy atom. The zero-order valence-electron chi connectivity index (χ0n) is 17.7. The number of aromatic amines is 1. The smallest absolute Gasteiger partial charge is 0.280 e. The van der Waals surface area contributed by atoms with E-state index in [1.165, 1.54) is 16.7 Å². The van der Waals surface area contributed by atoms with Gasteiger partial charge in [-0.3, -0.25) is 23.7 Å². The van der Waals surface area contributed by atoms with Crippen LogP contribution in [0.3, 0.4) is 0 Å². The number of amides is 2. The summed E-state index contributed by atoms with van der Waals surface area (Å²) in [5.74, 6) is -0.0816. The molecule has 2 aromatic heterocycles. The van der Waals surface area contributed by atoms with E-state index in [0.29, 0.717) is 28.3 Å². The van der Waals surface area contributed by atoms with Gasteiger partial charge in [0.2, 0.25) is 11.8 Å². The zero-order valence-corrected chi connectivity index (χ0v) is 17.7. The Morgan fingerprint density at radius 3 is 2.70 bits per heavy atom. The molecule has 1 aliphatic carbocycles. The molecular formula is C22H20N6O5. The maximum absolute atomic E-state index is 12.8. The molecular weight excluding hydrogens is 428 g/mol. The molecule has 0 saturated heterocycles. The van der Waals surface area contributed by atoms with E-state index in [-0.39, 0.29) is 30.7 Å². The van der Waals surface area contributed by atoms with Crippen LogP contribution in [0.1, 0.15) is 30.0 Å². The standard InChI is InChI=1S/C22H20N6O5/c1-12-25-18(16-5-2-13(9-23)6-17(16)26-22(32)14-3-4-14)8-21(31)28(12)11-20(30)24-10-15-7-19(29)27-33-15/h2,5-8,14H,3-4,10-11H2,1H3,(H,24,30)(H,26,32)(H,27,29). The maximum atomic E-state index is 12.8. The molecule has 33 heavy (non-hydrogen) atoms. The van der Waals surface area contributed by atoms with Crippen LogP contribution in [0, 0.1) is 24.2 Å². The summed E-state index contributed by atoms with van der Waals surface area (Å²) in [6, 6.07) is 9.28. The Balaban J connectivity index is 1.56. The molecule has 0 aliphatic heterocycles. The summed E-state index contributed by atoms with van der Waals surface area (Å²) in [6.07, 6.45) is 1.65. The molecule has 4 rings (SSSR count). The molecule has 168 valence electrons. The quantitative estimate of drug-likeness (QED) is 0.486. The molecule has 0 unspecified atom stereocenters. The van der Waals surface area contributed by atoms with Crippen molar-refractivity contribution in [2.75, 3.05) is 5.32 Å². The lowest BCUT2D eigenvalue weighted by Crippen LogP contribution is -2.33. The summed E-state index contributed by atoms with van der Waals surface area (Å²) in [5, 5.41) is 16.7. The first-order valence-corrected chi connectivity index (χ1v) is 10.2. The number of H-pyrrole nitrogens is 1. The minimum atomic E-state index is -0.464. The van der Waals surface area contributed by atoms with E-state index < -0.39 is 17.0 Å². The van der Waals surface area contributed by atoms with Crippen LogP contribution in [0.15, 0.2) is 44.4 Å². The molecule has 2 heterocycles. The molecule has 1 fully saturated rings. The predicted octanol–water partition coefficient (Wildman–Crippen LogP) is 1.04. The van der Waals surface area contributed by atoms with Crippen LogP contribution < -0.4 is 21.8 Å². The fourth-order valence-electron chi connectivity index (χ4n) is 3.27. The average Bonchev–Trinajstić information content (AvgIpc) is 3.56. The molecule has 1 aliphatic rings. The molecule has 0 atom stereocenters. The van der Waals surface area contributed by atoms with Crippen molar-refractivity contribution in [3.63, 3.8) is 0 Å². The van der Waals surface area contributed by atoms with Gasteiger partial charge >= 0.3 is 0 Å². The Kier molecular flexibility index (Phi) is 5.91. The lowest BCUT2D eigenvalue weighted by Gasteiger charge is -2.14. The Morgan fingerprint density at radius 1 is 1.27 bits per heavy atom. The largest absolute Gasteiger partial charge is 0.382 e. The predicted molar refractivity (Wildman–Crippen MR) is 116 cm³/mol. The molecule has 1 saturated carbocycles. The summed E-state index contributed by atoms with van der Waals surface area (Å²) in [7, 11) is 0. The molecule has 11 heteroatoms. The summed E-state index contributed by atoms with van der Waals surface area (Å²) < 4.78 is 6.07. The molecule has 0 radical (unpaired) electrons. The van der Waals surface area contributed by atoms with Gasteiger partial charge in [0.05, 0.1) is 29.6 Å². The van der Waals surface area contributed by atoms with Gasteiger partial charge in [0.1, 0.15) is 12.4 Å². The van der Waals surface area contributed by atoms with Crippen molar-refractivity contribution in [2.24, 2.45) is 5.92 Å². The van der Waals surface area contributed by atoms with E-state index in [0.717, 1.165) is 12.8 Å². The molecule has 2 amide bonds. The normalized spacial score (nSPS) is 12.7. The van der Waals surface area contributed by atoms with Gasteiger partial charge in [0.25, 0.3) is 11.1 Å². The van der Waals surface area contributed by atoms with Crippen molar-refractivity contribution < 1.29 is 14.1 Å². The van der Waals surface area contributed by atoms with Gasteiger partial charge < -0.3 is 15.2 Å². The second kappa shape index (κ2) is 8.96. The highest BCUT2D eigenvalue weighted by atomic mass is 16.5. The highest BCUT2D eigenvalue weighted by Crippen LogP contribution is 2.33. The van der Waals surface area contributed by atoms with E-state index in [9.17, 15) is 24.4 Å². The Hall–Kier alpha value is -4.46. The number of benzene rings is 1. The van der Waals surface area contributed by atoms with Gasteiger partial charge in [0, 0.05) is 23.6 Å². The molecule has 0 spiro atoms. The third-order valence-corrected chi connectivity index (χ3v) is 5.17. The number of carbonyl (C=O) groups excluding carboxylic acids is 2. The second-order valence-electron chi connectivity index (χ2n) is 7.70. The van der Waals surface area contributed by atoms with Gasteiger partial charge in [-0.05, 0) is 38.0 Å². The zero-order chi connectivity index (χ0) is 23.5. The number of aromatic nitrogens is 3. The topological polar surface area (TPSA) is 163 Å². The van der Waals surface area contributed by atoms with Gasteiger partial charge in [-0.1, -0.05) is 0 Å². The van der Waals surface area contributed by atoms with Crippen molar-refractivity contribution in [2.45, 2.75) is 32.9 Å². The van der Waals surface area contributed by atoms with Crippen LogP contribution in [0.25, 0.3) is 11.3 Å². The molecule has 1 aromatic carbocycles. The van der Waals surface area contributed by atoms with E-state index in [1.54, 1.807) is 25.1 Å². The van der Waals surface area contributed by atoms with Crippen LogP contribution in [0.2, 0.25) is 0 Å². The number of nitrogens with one attached hydrogen (secondary N) is 3. The van der Waals surface area contributed by atoms with E-state index in [1.807, 2.05) is 6.07 Å². The molecule has 3 N–H and O–H groups in total. The first-order chi connectivity index (χ1) is 15.8. The van der Waals surface area contributed by atoms with Crippen molar-refractivity contribution in [3.05, 3.63) is 68.2 Å². The van der Waals surface area contributed by atoms with Crippen molar-refractivity contribution in [1.82, 2.24) is 20.0 Å². The number of nitriles is 1. The van der Waals surface area contributed by atoms with Crippen molar-refractivity contribution in [1.29, 1.82) is 5.26 Å².